The highest BCUT2D eigenvalue weighted by atomic mass is 127. The van der Waals surface area contributed by atoms with Gasteiger partial charge in [0, 0.05) is 15.7 Å². The van der Waals surface area contributed by atoms with Gasteiger partial charge in [0.15, 0.2) is 0 Å². The van der Waals surface area contributed by atoms with Gasteiger partial charge in [0.2, 0.25) is 0 Å². The van der Waals surface area contributed by atoms with Gasteiger partial charge in [-0.2, -0.15) is 5.10 Å². The third-order valence-electron chi connectivity index (χ3n) is 4.87. The van der Waals surface area contributed by atoms with Crippen molar-refractivity contribution in [3.05, 3.63) is 51.6 Å². The van der Waals surface area contributed by atoms with E-state index in [2.05, 4.69) is 52.2 Å². The fraction of sp³-hybridized carbons (Fsp3) is 0.286. The predicted molar refractivity (Wildman–Crippen MR) is 116 cm³/mol. The number of halogens is 1. The Bertz CT molecular complexity index is 929. The minimum absolute atomic E-state index is 0.772. The Morgan fingerprint density at radius 1 is 1.00 bits per heavy atom. The summed E-state index contributed by atoms with van der Waals surface area (Å²) in [5.41, 5.74) is 4.09. The normalized spacial score (nSPS) is 13.4. The second kappa shape index (κ2) is 7.80. The highest BCUT2D eigenvalue weighted by Crippen LogP contribution is 2.42. The Labute approximate surface area is 172 Å². The molecule has 0 fully saturated rings. The third-order valence-corrected chi connectivity index (χ3v) is 5.58. The molecule has 4 rings (SSSR count). The number of nitrogens with zero attached hydrogens (tertiary/aromatic N) is 2. The number of methoxy groups -OCH3 is 2. The van der Waals surface area contributed by atoms with E-state index < -0.39 is 0 Å². The average molecular weight is 475 g/mol. The molecule has 0 bridgehead atoms. The topological polar surface area (TPSA) is 48.3 Å². The van der Waals surface area contributed by atoms with Crippen LogP contribution in [-0.2, 0) is 6.42 Å². The first-order chi connectivity index (χ1) is 13.2. The molecule has 2 aromatic carbocycles. The Morgan fingerprint density at radius 2 is 1.70 bits per heavy atom. The number of hydrogen-bond acceptors (Lipinski definition) is 4. The molecule has 140 valence electrons. The van der Waals surface area contributed by atoms with Gasteiger partial charge >= 0.3 is 0 Å². The van der Waals surface area contributed by atoms with E-state index in [-0.39, 0.29) is 0 Å². The Balaban J connectivity index is 1.96. The zero-order valence-electron chi connectivity index (χ0n) is 15.5. The fourth-order valence-corrected chi connectivity index (χ4v) is 3.92. The van der Waals surface area contributed by atoms with E-state index in [1.54, 1.807) is 14.2 Å². The van der Waals surface area contributed by atoms with Crippen LogP contribution in [0.2, 0.25) is 0 Å². The maximum absolute atomic E-state index is 5.64. The minimum Gasteiger partial charge on any atom is -0.496 e. The molecular weight excluding hydrogens is 453 g/mol. The van der Waals surface area contributed by atoms with Gasteiger partial charge in [-0.05, 0) is 78.3 Å². The largest absolute Gasteiger partial charge is 0.496 e. The van der Waals surface area contributed by atoms with Crippen molar-refractivity contribution in [2.45, 2.75) is 19.3 Å². The van der Waals surface area contributed by atoms with Crippen LogP contribution in [0, 0.1) is 3.57 Å². The lowest BCUT2D eigenvalue weighted by molar-refractivity contribution is 0.397. The van der Waals surface area contributed by atoms with Crippen molar-refractivity contribution >= 4 is 28.4 Å². The summed E-state index contributed by atoms with van der Waals surface area (Å²) in [6.45, 7) is 0.950. The molecule has 5 nitrogen and oxygen atoms in total. The zero-order chi connectivity index (χ0) is 18.8. The molecular formula is C21H22IN3O2. The Morgan fingerprint density at radius 3 is 2.37 bits per heavy atom. The molecule has 0 spiro atoms. The van der Waals surface area contributed by atoms with Crippen molar-refractivity contribution in [3.8, 4) is 28.4 Å². The van der Waals surface area contributed by atoms with Crippen LogP contribution in [-0.4, -0.2) is 30.5 Å². The summed E-state index contributed by atoms with van der Waals surface area (Å²) in [6, 6.07) is 14.3. The lowest BCUT2D eigenvalue weighted by Crippen LogP contribution is -2.07. The van der Waals surface area contributed by atoms with Gasteiger partial charge in [-0.1, -0.05) is 6.07 Å². The molecule has 0 radical (unpaired) electrons. The van der Waals surface area contributed by atoms with Crippen LogP contribution >= 0.6 is 22.6 Å². The number of hydrogen-bond donors (Lipinski definition) is 1. The van der Waals surface area contributed by atoms with Crippen LogP contribution in [0.15, 0.2) is 42.5 Å². The minimum atomic E-state index is 0.772. The van der Waals surface area contributed by atoms with Crippen LogP contribution in [0.25, 0.3) is 16.9 Å². The molecule has 2 heterocycles. The molecule has 0 atom stereocenters. The summed E-state index contributed by atoms with van der Waals surface area (Å²) in [7, 11) is 3.37. The number of ether oxygens (including phenoxy) is 2. The summed E-state index contributed by atoms with van der Waals surface area (Å²) in [6.07, 6.45) is 3.25. The van der Waals surface area contributed by atoms with Gasteiger partial charge in [-0.25, -0.2) is 4.68 Å². The van der Waals surface area contributed by atoms with E-state index in [1.165, 1.54) is 9.13 Å². The molecule has 6 heteroatoms. The summed E-state index contributed by atoms with van der Waals surface area (Å²) >= 11 is 2.32. The maximum atomic E-state index is 5.64. The number of aromatic nitrogens is 2. The molecule has 1 aliphatic heterocycles. The monoisotopic (exact) mass is 475 g/mol. The summed E-state index contributed by atoms with van der Waals surface area (Å²) in [4.78, 5) is 0. The summed E-state index contributed by atoms with van der Waals surface area (Å²) < 4.78 is 14.5. The number of fused-ring (bicyclic) bond motifs is 1. The first-order valence-corrected chi connectivity index (χ1v) is 10.1. The summed E-state index contributed by atoms with van der Waals surface area (Å²) in [5, 5.41) is 8.60. The van der Waals surface area contributed by atoms with Crippen molar-refractivity contribution in [2.75, 3.05) is 26.1 Å². The Kier molecular flexibility index (Phi) is 5.24. The van der Waals surface area contributed by atoms with Crippen molar-refractivity contribution in [2.24, 2.45) is 0 Å². The van der Waals surface area contributed by atoms with E-state index in [0.29, 0.717) is 0 Å². The van der Waals surface area contributed by atoms with Crippen molar-refractivity contribution < 1.29 is 9.47 Å². The van der Waals surface area contributed by atoms with Crippen molar-refractivity contribution in [1.82, 2.24) is 9.78 Å². The van der Waals surface area contributed by atoms with Crippen molar-refractivity contribution in [3.63, 3.8) is 0 Å². The van der Waals surface area contributed by atoms with Crippen LogP contribution in [0.5, 0.6) is 11.5 Å². The SMILES string of the molecule is COc1cccc(OC)c1-c1nn(-c2ccc(I)cc2)c2c1CCCCN2. The van der Waals surface area contributed by atoms with E-state index in [4.69, 9.17) is 14.6 Å². The summed E-state index contributed by atoms with van der Waals surface area (Å²) in [5.74, 6) is 2.61. The molecule has 1 aromatic heterocycles. The van der Waals surface area contributed by atoms with Gasteiger partial charge in [-0.15, -0.1) is 0 Å². The van der Waals surface area contributed by atoms with E-state index in [0.717, 1.165) is 60.1 Å². The molecule has 27 heavy (non-hydrogen) atoms. The molecule has 0 saturated carbocycles. The molecule has 0 amide bonds. The Hall–Kier alpha value is -2.22. The van der Waals surface area contributed by atoms with Crippen LogP contribution in [0.3, 0.4) is 0 Å². The second-order valence-electron chi connectivity index (χ2n) is 6.49. The molecule has 0 aliphatic carbocycles. The molecule has 3 aromatic rings. The standard InChI is InChI=1S/C21H22IN3O2/c1-26-17-7-5-8-18(27-2)19(17)20-16-6-3-4-13-23-21(16)25(24-20)15-11-9-14(22)10-12-15/h5,7-12,23H,3-4,6,13H2,1-2H3. The lowest BCUT2D eigenvalue weighted by atomic mass is 10.0. The number of nitrogens with one attached hydrogen (secondary N) is 1. The third kappa shape index (κ3) is 3.38. The van der Waals surface area contributed by atoms with Crippen LogP contribution in [0.1, 0.15) is 18.4 Å². The quantitative estimate of drug-likeness (QED) is 0.545. The first-order valence-electron chi connectivity index (χ1n) is 9.06. The highest BCUT2D eigenvalue weighted by molar-refractivity contribution is 14.1. The molecule has 0 saturated heterocycles. The van der Waals surface area contributed by atoms with E-state index in [9.17, 15) is 0 Å². The fourth-order valence-electron chi connectivity index (χ4n) is 3.56. The average Bonchev–Trinajstić information content (AvgIpc) is 2.88. The predicted octanol–water partition coefficient (Wildman–Crippen LogP) is 4.91. The first kappa shape index (κ1) is 18.2. The molecule has 0 unspecified atom stereocenters. The highest BCUT2D eigenvalue weighted by Gasteiger charge is 2.25. The van der Waals surface area contributed by atoms with Crippen LogP contribution in [0.4, 0.5) is 5.82 Å². The second-order valence-corrected chi connectivity index (χ2v) is 7.73. The van der Waals surface area contributed by atoms with E-state index in [1.807, 2.05) is 22.9 Å². The number of benzene rings is 2. The maximum Gasteiger partial charge on any atom is 0.133 e. The van der Waals surface area contributed by atoms with Gasteiger partial charge in [0.1, 0.15) is 23.0 Å². The van der Waals surface area contributed by atoms with Gasteiger partial charge in [0.25, 0.3) is 0 Å². The zero-order valence-corrected chi connectivity index (χ0v) is 17.6. The van der Waals surface area contributed by atoms with Gasteiger partial charge < -0.3 is 14.8 Å². The van der Waals surface area contributed by atoms with E-state index >= 15 is 0 Å². The smallest absolute Gasteiger partial charge is 0.133 e. The number of rotatable bonds is 4. The van der Waals surface area contributed by atoms with Crippen LogP contribution < -0.4 is 14.8 Å². The van der Waals surface area contributed by atoms with Gasteiger partial charge in [-0.3, -0.25) is 0 Å². The lowest BCUT2D eigenvalue weighted by Gasteiger charge is -2.12. The van der Waals surface area contributed by atoms with Gasteiger partial charge in [0.05, 0.1) is 25.5 Å². The molecule has 1 aliphatic rings. The molecule has 1 N–H and O–H groups in total. The number of anilines is 1. The van der Waals surface area contributed by atoms with Crippen molar-refractivity contribution in [1.29, 1.82) is 0 Å².